The third-order valence-electron chi connectivity index (χ3n) is 4.51. The van der Waals surface area contributed by atoms with Crippen LogP contribution in [0.2, 0.25) is 5.02 Å². The maximum atomic E-state index is 12.3. The number of nitrogens with zero attached hydrogens (tertiary/aromatic N) is 3. The van der Waals surface area contributed by atoms with Crippen LogP contribution in [0.25, 0.3) is 0 Å². The number of anilines is 1. The van der Waals surface area contributed by atoms with Crippen LogP contribution in [0, 0.1) is 0 Å². The fourth-order valence-corrected chi connectivity index (χ4v) is 4.49. The zero-order chi connectivity index (χ0) is 23.6. The van der Waals surface area contributed by atoms with Gasteiger partial charge in [0.05, 0.1) is 23.9 Å². The van der Waals surface area contributed by atoms with E-state index in [9.17, 15) is 4.79 Å². The fraction of sp³-hybridized carbons (Fsp3) is 0.261. The Hall–Kier alpha value is -2.49. The average Bonchev–Trinajstić information content (AvgIpc) is 3.18. The summed E-state index contributed by atoms with van der Waals surface area (Å²) in [6.07, 6.45) is 3.23. The van der Waals surface area contributed by atoms with Gasteiger partial charge in [0.2, 0.25) is 5.91 Å². The third-order valence-corrected chi connectivity index (χ3v) is 6.33. The largest absolute Gasteiger partial charge is 0.497 e. The van der Waals surface area contributed by atoms with Crippen LogP contribution in [0.5, 0.6) is 11.5 Å². The molecule has 0 bridgehead atoms. The lowest BCUT2D eigenvalue weighted by Gasteiger charge is -2.10. The van der Waals surface area contributed by atoms with Crippen molar-refractivity contribution in [1.29, 1.82) is 0 Å². The molecule has 0 spiro atoms. The molecule has 33 heavy (non-hydrogen) atoms. The number of hydrogen-bond donors (Lipinski definition) is 1. The Kier molecular flexibility index (Phi) is 9.65. The van der Waals surface area contributed by atoms with Gasteiger partial charge in [-0.25, -0.2) is 0 Å². The summed E-state index contributed by atoms with van der Waals surface area (Å²) >= 11 is 10.7. The molecule has 0 atom stereocenters. The monoisotopic (exact) mass is 550 g/mol. The number of ether oxygens (including phenoxy) is 2. The van der Waals surface area contributed by atoms with Gasteiger partial charge in [-0.05, 0) is 64.8 Å². The Morgan fingerprint density at radius 3 is 2.76 bits per heavy atom. The maximum Gasteiger partial charge on any atom is 0.234 e. The van der Waals surface area contributed by atoms with Crippen LogP contribution in [0.15, 0.2) is 64.7 Å². The van der Waals surface area contributed by atoms with Gasteiger partial charge in [0, 0.05) is 23.7 Å². The molecule has 1 heterocycles. The van der Waals surface area contributed by atoms with E-state index in [1.54, 1.807) is 49.6 Å². The standard InChI is InChI=1S/C23H24BrClN4O3S/c1-3-12-29-21(5-4-13-32-20-11-6-16(25)14-19(20)24)27-28-23(29)33-15-22(30)26-17-7-9-18(31-2)10-8-17/h3,6-11,14H,1,4-5,12-13,15H2,2H3,(H,26,30). The number of aromatic nitrogens is 3. The quantitative estimate of drug-likeness (QED) is 0.179. The summed E-state index contributed by atoms with van der Waals surface area (Å²) in [6.45, 7) is 4.91. The van der Waals surface area contributed by atoms with Crippen LogP contribution in [0.1, 0.15) is 12.2 Å². The van der Waals surface area contributed by atoms with Gasteiger partial charge in [-0.2, -0.15) is 0 Å². The minimum atomic E-state index is -0.123. The number of carbonyl (C=O) groups is 1. The number of thioether (sulfide) groups is 1. The number of allylic oxidation sites excluding steroid dienone is 1. The van der Waals surface area contributed by atoms with Gasteiger partial charge in [-0.1, -0.05) is 29.4 Å². The highest BCUT2D eigenvalue weighted by Gasteiger charge is 2.14. The number of methoxy groups -OCH3 is 1. The second-order valence-corrected chi connectivity index (χ2v) is 9.12. The summed E-state index contributed by atoms with van der Waals surface area (Å²) in [5, 5.41) is 12.8. The van der Waals surface area contributed by atoms with Crippen LogP contribution in [-0.4, -0.2) is 40.1 Å². The van der Waals surface area contributed by atoms with Gasteiger partial charge in [-0.3, -0.25) is 4.79 Å². The molecule has 10 heteroatoms. The molecule has 0 saturated carbocycles. The van der Waals surface area contributed by atoms with Crippen LogP contribution in [0.4, 0.5) is 5.69 Å². The molecule has 1 N–H and O–H groups in total. The predicted octanol–water partition coefficient (Wildman–Crippen LogP) is 5.63. The molecular formula is C23H24BrClN4O3S. The molecule has 1 aromatic heterocycles. The number of rotatable bonds is 12. The first-order chi connectivity index (χ1) is 16.0. The molecule has 0 aliphatic rings. The molecule has 0 radical (unpaired) electrons. The molecule has 174 valence electrons. The highest BCUT2D eigenvalue weighted by atomic mass is 79.9. The third kappa shape index (κ3) is 7.52. The number of aryl methyl sites for hydroxylation is 1. The Morgan fingerprint density at radius 2 is 2.06 bits per heavy atom. The van der Waals surface area contributed by atoms with Crippen molar-refractivity contribution in [2.75, 3.05) is 24.8 Å². The minimum Gasteiger partial charge on any atom is -0.497 e. The van der Waals surface area contributed by atoms with Crippen LogP contribution >= 0.6 is 39.3 Å². The SMILES string of the molecule is C=CCn1c(CCCOc2ccc(Cl)cc2Br)nnc1SCC(=O)Nc1ccc(OC)cc1. The van der Waals surface area contributed by atoms with E-state index in [1.807, 2.05) is 10.6 Å². The minimum absolute atomic E-state index is 0.123. The first-order valence-corrected chi connectivity index (χ1v) is 12.3. The van der Waals surface area contributed by atoms with Crippen molar-refractivity contribution >= 4 is 50.9 Å². The van der Waals surface area contributed by atoms with Crippen LogP contribution < -0.4 is 14.8 Å². The Bertz CT molecular complexity index is 1090. The van der Waals surface area contributed by atoms with Gasteiger partial charge in [0.15, 0.2) is 5.16 Å². The topological polar surface area (TPSA) is 78.3 Å². The molecule has 0 unspecified atom stereocenters. The molecule has 0 fully saturated rings. The summed E-state index contributed by atoms with van der Waals surface area (Å²) in [7, 11) is 1.60. The summed E-state index contributed by atoms with van der Waals surface area (Å²) in [6, 6.07) is 12.6. The number of halogens is 2. The molecule has 3 aromatic rings. The second-order valence-electron chi connectivity index (χ2n) is 6.89. The fourth-order valence-electron chi connectivity index (χ4n) is 2.93. The molecule has 2 aromatic carbocycles. The first kappa shape index (κ1) is 25.1. The molecular weight excluding hydrogens is 528 g/mol. The molecule has 7 nitrogen and oxygen atoms in total. The van der Waals surface area contributed by atoms with Crippen molar-refractivity contribution in [3.05, 3.63) is 70.4 Å². The maximum absolute atomic E-state index is 12.3. The van der Waals surface area contributed by atoms with Gasteiger partial charge in [0.1, 0.15) is 17.3 Å². The summed E-state index contributed by atoms with van der Waals surface area (Å²) < 4.78 is 13.7. The zero-order valence-corrected chi connectivity index (χ0v) is 21.3. The van der Waals surface area contributed by atoms with Gasteiger partial charge in [0.25, 0.3) is 0 Å². The van der Waals surface area contributed by atoms with Gasteiger partial charge < -0.3 is 19.4 Å². The van der Waals surface area contributed by atoms with E-state index in [2.05, 4.69) is 38.0 Å². The van der Waals surface area contributed by atoms with Crippen molar-refractivity contribution in [2.45, 2.75) is 24.5 Å². The number of carbonyl (C=O) groups excluding carboxylic acids is 1. The lowest BCUT2D eigenvalue weighted by molar-refractivity contribution is -0.113. The van der Waals surface area contributed by atoms with E-state index < -0.39 is 0 Å². The van der Waals surface area contributed by atoms with E-state index >= 15 is 0 Å². The van der Waals surface area contributed by atoms with Crippen molar-refractivity contribution in [3.8, 4) is 11.5 Å². The van der Waals surface area contributed by atoms with E-state index in [-0.39, 0.29) is 11.7 Å². The molecule has 1 amide bonds. The molecule has 3 rings (SSSR count). The van der Waals surface area contributed by atoms with E-state index in [1.165, 1.54) is 11.8 Å². The first-order valence-electron chi connectivity index (χ1n) is 10.2. The van der Waals surface area contributed by atoms with Gasteiger partial charge in [-0.15, -0.1) is 16.8 Å². The highest BCUT2D eigenvalue weighted by molar-refractivity contribution is 9.10. The average molecular weight is 552 g/mol. The number of hydrogen-bond acceptors (Lipinski definition) is 6. The number of amides is 1. The summed E-state index contributed by atoms with van der Waals surface area (Å²) in [5.41, 5.74) is 0.710. The Balaban J connectivity index is 1.51. The lowest BCUT2D eigenvalue weighted by Crippen LogP contribution is -2.14. The van der Waals surface area contributed by atoms with Crippen molar-refractivity contribution in [1.82, 2.24) is 14.8 Å². The Morgan fingerprint density at radius 1 is 1.27 bits per heavy atom. The highest BCUT2D eigenvalue weighted by Crippen LogP contribution is 2.28. The number of benzene rings is 2. The van der Waals surface area contributed by atoms with Crippen molar-refractivity contribution < 1.29 is 14.3 Å². The zero-order valence-electron chi connectivity index (χ0n) is 18.1. The summed E-state index contributed by atoms with van der Waals surface area (Å²) in [4.78, 5) is 12.3. The van der Waals surface area contributed by atoms with E-state index in [0.29, 0.717) is 35.4 Å². The summed E-state index contributed by atoms with van der Waals surface area (Å²) in [5.74, 6) is 2.40. The van der Waals surface area contributed by atoms with E-state index in [0.717, 1.165) is 28.2 Å². The lowest BCUT2D eigenvalue weighted by atomic mass is 10.3. The van der Waals surface area contributed by atoms with Crippen molar-refractivity contribution in [3.63, 3.8) is 0 Å². The van der Waals surface area contributed by atoms with Crippen LogP contribution in [-0.2, 0) is 17.8 Å². The Labute approximate surface area is 210 Å². The predicted molar refractivity (Wildman–Crippen MR) is 136 cm³/mol. The number of nitrogens with one attached hydrogen (secondary N) is 1. The molecule has 0 aliphatic carbocycles. The normalized spacial score (nSPS) is 10.6. The van der Waals surface area contributed by atoms with Gasteiger partial charge >= 0.3 is 0 Å². The van der Waals surface area contributed by atoms with Crippen molar-refractivity contribution in [2.24, 2.45) is 0 Å². The van der Waals surface area contributed by atoms with E-state index in [4.69, 9.17) is 21.1 Å². The molecule has 0 aliphatic heterocycles. The second kappa shape index (κ2) is 12.7. The molecule has 0 saturated heterocycles. The van der Waals surface area contributed by atoms with Crippen LogP contribution in [0.3, 0.4) is 0 Å². The smallest absolute Gasteiger partial charge is 0.234 e.